The number of nitrogens with one attached hydrogen (secondary N) is 2. The molecule has 0 aliphatic rings. The van der Waals surface area contributed by atoms with Crippen LogP contribution >= 0.6 is 11.6 Å². The van der Waals surface area contributed by atoms with Gasteiger partial charge in [0.2, 0.25) is 5.91 Å². The highest BCUT2D eigenvalue weighted by molar-refractivity contribution is 6.31. The minimum absolute atomic E-state index is 0.0152. The van der Waals surface area contributed by atoms with Gasteiger partial charge >= 0.3 is 0 Å². The van der Waals surface area contributed by atoms with Crippen LogP contribution in [0.2, 0.25) is 5.02 Å². The summed E-state index contributed by atoms with van der Waals surface area (Å²) >= 11 is 6.03. The summed E-state index contributed by atoms with van der Waals surface area (Å²) in [5, 5.41) is 17.0. The summed E-state index contributed by atoms with van der Waals surface area (Å²) in [4.78, 5) is 22.3. The van der Waals surface area contributed by atoms with E-state index >= 15 is 0 Å². The van der Waals surface area contributed by atoms with Gasteiger partial charge in [-0.1, -0.05) is 17.7 Å². The minimum Gasteiger partial charge on any atom is -0.494 e. The third kappa shape index (κ3) is 4.14. The first-order chi connectivity index (χ1) is 11.4. The second-order valence-electron chi connectivity index (χ2n) is 4.96. The van der Waals surface area contributed by atoms with Gasteiger partial charge < -0.3 is 15.4 Å². The van der Waals surface area contributed by atoms with Crippen molar-refractivity contribution in [2.45, 2.75) is 6.92 Å². The van der Waals surface area contributed by atoms with Gasteiger partial charge in [0.25, 0.3) is 5.69 Å². The first-order valence-corrected chi connectivity index (χ1v) is 7.41. The van der Waals surface area contributed by atoms with Gasteiger partial charge in [0.15, 0.2) is 0 Å². The van der Waals surface area contributed by atoms with Crippen LogP contribution in [0.15, 0.2) is 36.4 Å². The highest BCUT2D eigenvalue weighted by atomic mass is 35.5. The van der Waals surface area contributed by atoms with Crippen LogP contribution in [0.5, 0.6) is 5.75 Å². The highest BCUT2D eigenvalue weighted by Crippen LogP contribution is 2.29. The van der Waals surface area contributed by atoms with Crippen LogP contribution in [0.4, 0.5) is 17.1 Å². The zero-order chi connectivity index (χ0) is 17.7. The molecule has 2 aromatic carbocycles. The maximum Gasteiger partial charge on any atom is 0.273 e. The Kier molecular flexibility index (Phi) is 5.59. The quantitative estimate of drug-likeness (QED) is 0.613. The van der Waals surface area contributed by atoms with E-state index in [2.05, 4.69) is 10.6 Å². The molecule has 0 heterocycles. The van der Waals surface area contributed by atoms with Crippen LogP contribution < -0.4 is 15.4 Å². The van der Waals surface area contributed by atoms with Crippen LogP contribution in [0.1, 0.15) is 5.56 Å². The van der Waals surface area contributed by atoms with Gasteiger partial charge in [0.05, 0.1) is 30.3 Å². The van der Waals surface area contributed by atoms with E-state index in [1.165, 1.54) is 25.3 Å². The zero-order valence-electron chi connectivity index (χ0n) is 13.1. The van der Waals surface area contributed by atoms with Crippen LogP contribution in [-0.4, -0.2) is 24.5 Å². The molecule has 8 heteroatoms. The Morgan fingerprint density at radius 1 is 1.29 bits per heavy atom. The predicted octanol–water partition coefficient (Wildman–Crippen LogP) is 3.62. The van der Waals surface area contributed by atoms with E-state index in [9.17, 15) is 14.9 Å². The summed E-state index contributed by atoms with van der Waals surface area (Å²) in [6.45, 7) is 1.86. The third-order valence-electron chi connectivity index (χ3n) is 3.38. The first-order valence-electron chi connectivity index (χ1n) is 7.03. The molecule has 0 bridgehead atoms. The summed E-state index contributed by atoms with van der Waals surface area (Å²) < 4.78 is 5.08. The number of benzene rings is 2. The normalized spacial score (nSPS) is 10.1. The number of nitro groups is 1. The number of non-ortho nitro benzene ring substituents is 1. The number of hydrogen-bond donors (Lipinski definition) is 2. The van der Waals surface area contributed by atoms with Gasteiger partial charge in [0, 0.05) is 16.8 Å². The summed E-state index contributed by atoms with van der Waals surface area (Å²) in [5.74, 6) is -0.0991. The molecule has 7 nitrogen and oxygen atoms in total. The predicted molar refractivity (Wildman–Crippen MR) is 93.0 cm³/mol. The van der Waals surface area contributed by atoms with E-state index in [-0.39, 0.29) is 23.9 Å². The summed E-state index contributed by atoms with van der Waals surface area (Å²) in [7, 11) is 1.38. The van der Waals surface area contributed by atoms with Crippen LogP contribution in [0.3, 0.4) is 0 Å². The fraction of sp³-hybridized carbons (Fsp3) is 0.188. The molecule has 126 valence electrons. The van der Waals surface area contributed by atoms with E-state index < -0.39 is 4.92 Å². The molecule has 2 aromatic rings. The number of anilines is 2. The molecule has 0 atom stereocenters. The largest absolute Gasteiger partial charge is 0.494 e. The molecule has 0 radical (unpaired) electrons. The Labute approximate surface area is 143 Å². The summed E-state index contributed by atoms with van der Waals surface area (Å²) in [6.07, 6.45) is 0. The second-order valence-corrected chi connectivity index (χ2v) is 5.36. The van der Waals surface area contributed by atoms with Crippen molar-refractivity contribution in [3.05, 3.63) is 57.1 Å². The molecule has 0 spiro atoms. The fourth-order valence-electron chi connectivity index (χ4n) is 2.07. The summed E-state index contributed by atoms with van der Waals surface area (Å²) in [5.41, 5.74) is 1.85. The molecule has 2 N–H and O–H groups in total. The molecule has 2 rings (SSSR count). The number of carbonyl (C=O) groups excluding carboxylic acids is 1. The fourth-order valence-corrected chi connectivity index (χ4v) is 2.24. The Hall–Kier alpha value is -2.80. The third-order valence-corrected chi connectivity index (χ3v) is 3.79. The molecule has 0 aliphatic carbocycles. The molecule has 0 aliphatic heterocycles. The number of rotatable bonds is 6. The first kappa shape index (κ1) is 17.6. The number of hydrogen-bond acceptors (Lipinski definition) is 5. The second kappa shape index (κ2) is 7.65. The van der Waals surface area contributed by atoms with E-state index in [0.717, 1.165) is 11.3 Å². The van der Waals surface area contributed by atoms with Crippen molar-refractivity contribution in [2.24, 2.45) is 0 Å². The highest BCUT2D eigenvalue weighted by Gasteiger charge is 2.13. The average molecular weight is 350 g/mol. The molecule has 0 aromatic heterocycles. The summed E-state index contributed by atoms with van der Waals surface area (Å²) in [6, 6.07) is 9.36. The maximum atomic E-state index is 12.1. The van der Waals surface area contributed by atoms with Crippen LogP contribution in [0.25, 0.3) is 0 Å². The van der Waals surface area contributed by atoms with E-state index in [1.807, 2.05) is 13.0 Å². The minimum atomic E-state index is -0.530. The lowest BCUT2D eigenvalue weighted by molar-refractivity contribution is -0.384. The number of nitro benzene ring substituents is 1. The number of methoxy groups -OCH3 is 1. The van der Waals surface area contributed by atoms with Crippen molar-refractivity contribution < 1.29 is 14.5 Å². The van der Waals surface area contributed by atoms with Crippen molar-refractivity contribution in [1.82, 2.24) is 0 Å². The van der Waals surface area contributed by atoms with Crippen molar-refractivity contribution >= 4 is 34.6 Å². The van der Waals surface area contributed by atoms with Crippen molar-refractivity contribution in [3.63, 3.8) is 0 Å². The van der Waals surface area contributed by atoms with Gasteiger partial charge in [-0.25, -0.2) is 0 Å². The maximum absolute atomic E-state index is 12.1. The number of nitrogens with zero attached hydrogens (tertiary/aromatic N) is 1. The topological polar surface area (TPSA) is 93.5 Å². The zero-order valence-corrected chi connectivity index (χ0v) is 13.9. The SMILES string of the molecule is COc1cc([N+](=O)[O-])ccc1NC(=O)CNc1cccc(Cl)c1C. The Morgan fingerprint density at radius 3 is 2.71 bits per heavy atom. The van der Waals surface area contributed by atoms with Gasteiger partial charge in [-0.15, -0.1) is 0 Å². The van der Waals surface area contributed by atoms with Gasteiger partial charge in [-0.05, 0) is 30.7 Å². The molecule has 24 heavy (non-hydrogen) atoms. The Balaban J connectivity index is 2.04. The lowest BCUT2D eigenvalue weighted by Gasteiger charge is -2.12. The lowest BCUT2D eigenvalue weighted by atomic mass is 10.2. The number of halogens is 1. The monoisotopic (exact) mass is 349 g/mol. The Morgan fingerprint density at radius 2 is 2.04 bits per heavy atom. The van der Waals surface area contributed by atoms with Crippen molar-refractivity contribution in [1.29, 1.82) is 0 Å². The van der Waals surface area contributed by atoms with Crippen molar-refractivity contribution in [3.8, 4) is 5.75 Å². The average Bonchev–Trinajstić information content (AvgIpc) is 2.56. The lowest BCUT2D eigenvalue weighted by Crippen LogP contribution is -2.22. The standard InChI is InChI=1S/C16H16ClN3O4/c1-10-12(17)4-3-5-13(10)18-9-16(21)19-14-7-6-11(20(22)23)8-15(14)24-2/h3-8,18H,9H2,1-2H3,(H,19,21). The van der Waals surface area contributed by atoms with Crippen LogP contribution in [-0.2, 0) is 4.79 Å². The van der Waals surface area contributed by atoms with E-state index in [4.69, 9.17) is 16.3 Å². The van der Waals surface area contributed by atoms with Crippen molar-refractivity contribution in [2.75, 3.05) is 24.3 Å². The van der Waals surface area contributed by atoms with Crippen LogP contribution in [0, 0.1) is 17.0 Å². The molecular weight excluding hydrogens is 334 g/mol. The van der Waals surface area contributed by atoms with Gasteiger partial charge in [-0.2, -0.15) is 0 Å². The van der Waals surface area contributed by atoms with E-state index in [1.54, 1.807) is 12.1 Å². The molecule has 0 fully saturated rings. The molecular formula is C16H16ClN3O4. The van der Waals surface area contributed by atoms with E-state index in [0.29, 0.717) is 10.7 Å². The number of carbonyl (C=O) groups is 1. The van der Waals surface area contributed by atoms with Gasteiger partial charge in [0.1, 0.15) is 5.75 Å². The number of ether oxygens (including phenoxy) is 1. The molecule has 0 unspecified atom stereocenters. The molecule has 1 amide bonds. The molecule has 0 saturated heterocycles. The Bertz CT molecular complexity index is 780. The number of amides is 1. The van der Waals surface area contributed by atoms with Gasteiger partial charge in [-0.3, -0.25) is 14.9 Å². The smallest absolute Gasteiger partial charge is 0.273 e. The molecule has 0 saturated carbocycles.